The molecule has 1 aliphatic carbocycles. The van der Waals surface area contributed by atoms with E-state index in [0.717, 1.165) is 5.92 Å². The quantitative estimate of drug-likeness (QED) is 0.726. The van der Waals surface area contributed by atoms with Gasteiger partial charge in [-0.2, -0.15) is 0 Å². The van der Waals surface area contributed by atoms with Crippen molar-refractivity contribution in [2.45, 2.75) is 35.8 Å². The third-order valence-electron chi connectivity index (χ3n) is 5.72. The lowest BCUT2D eigenvalue weighted by Crippen LogP contribution is -2.48. The molecule has 22 heavy (non-hydrogen) atoms. The molecule has 1 saturated heterocycles. The van der Waals surface area contributed by atoms with E-state index in [9.17, 15) is 0 Å². The lowest BCUT2D eigenvalue weighted by molar-refractivity contribution is 0.227. The van der Waals surface area contributed by atoms with E-state index in [1.54, 1.807) is 0 Å². The van der Waals surface area contributed by atoms with Crippen LogP contribution in [0.4, 0.5) is 0 Å². The minimum absolute atomic E-state index is 0.328. The monoisotopic (exact) mass is 327 g/mol. The van der Waals surface area contributed by atoms with Crippen LogP contribution in [-0.4, -0.2) is 20.2 Å². The molecule has 0 radical (unpaired) electrons. The zero-order chi connectivity index (χ0) is 14.7. The lowest BCUT2D eigenvalue weighted by atomic mass is 9.80. The highest BCUT2D eigenvalue weighted by atomic mass is 32.2. The van der Waals surface area contributed by atoms with Crippen molar-refractivity contribution in [1.82, 2.24) is 4.57 Å². The van der Waals surface area contributed by atoms with E-state index in [-0.39, 0.29) is 0 Å². The van der Waals surface area contributed by atoms with Crippen molar-refractivity contribution in [3.05, 3.63) is 35.0 Å². The molecule has 2 aliphatic heterocycles. The molecule has 2 aromatic rings. The summed E-state index contributed by atoms with van der Waals surface area (Å²) in [6.45, 7) is 4.46. The average Bonchev–Trinajstić information content (AvgIpc) is 3.13. The van der Waals surface area contributed by atoms with Gasteiger partial charge in [-0.3, -0.25) is 0 Å². The van der Waals surface area contributed by atoms with E-state index in [1.165, 1.54) is 58.7 Å². The molecule has 2 atom stereocenters. The molecule has 1 saturated carbocycles. The molecular formula is C19H21NS2. The normalized spacial score (nSPS) is 29.3. The van der Waals surface area contributed by atoms with Crippen LogP contribution in [0, 0.1) is 5.92 Å². The van der Waals surface area contributed by atoms with Crippen LogP contribution >= 0.6 is 23.5 Å². The highest BCUT2D eigenvalue weighted by Gasteiger charge is 2.48. The summed E-state index contributed by atoms with van der Waals surface area (Å²) in [5.41, 5.74) is 0. The molecule has 5 rings (SSSR count). The van der Waals surface area contributed by atoms with Gasteiger partial charge in [0.15, 0.2) is 0 Å². The highest BCUT2D eigenvalue weighted by Crippen LogP contribution is 2.58. The fraction of sp³-hybridized carbons (Fsp3) is 0.474. The van der Waals surface area contributed by atoms with Gasteiger partial charge in [-0.15, -0.1) is 23.5 Å². The molecule has 3 heterocycles. The Morgan fingerprint density at radius 3 is 2.59 bits per heavy atom. The number of rotatable bonds is 0. The molecule has 3 aliphatic rings. The third-order valence-corrected chi connectivity index (χ3v) is 9.24. The van der Waals surface area contributed by atoms with Gasteiger partial charge in [0.1, 0.15) is 0 Å². The minimum Gasteiger partial charge on any atom is -0.338 e. The molecule has 1 nitrogen and oxygen atoms in total. The number of fused-ring (bicyclic) bond motifs is 6. The van der Waals surface area contributed by atoms with Crippen LogP contribution in [-0.2, 0) is 0 Å². The molecule has 0 bridgehead atoms. The Bertz CT molecular complexity index is 844. The van der Waals surface area contributed by atoms with Crippen LogP contribution in [0.3, 0.4) is 0 Å². The van der Waals surface area contributed by atoms with Crippen molar-refractivity contribution < 1.29 is 0 Å². The SMILES string of the molecule is C=c1c2ccccc2c2n1C1CCCCC1C1(C=2)SCCS1. The Kier molecular flexibility index (Phi) is 3.00. The number of nitrogens with zero attached hydrogens (tertiary/aromatic N) is 1. The Morgan fingerprint density at radius 2 is 1.77 bits per heavy atom. The summed E-state index contributed by atoms with van der Waals surface area (Å²) in [6.07, 6.45) is 8.10. The van der Waals surface area contributed by atoms with E-state index in [1.807, 2.05) is 0 Å². The largest absolute Gasteiger partial charge is 0.338 e. The van der Waals surface area contributed by atoms with E-state index in [4.69, 9.17) is 0 Å². The van der Waals surface area contributed by atoms with E-state index in [0.29, 0.717) is 10.1 Å². The van der Waals surface area contributed by atoms with Gasteiger partial charge in [0.25, 0.3) is 0 Å². The van der Waals surface area contributed by atoms with Crippen LogP contribution in [0.2, 0.25) is 0 Å². The van der Waals surface area contributed by atoms with Gasteiger partial charge in [0.05, 0.1) is 4.08 Å². The molecule has 3 heteroatoms. The Hall–Kier alpha value is -0.800. The summed E-state index contributed by atoms with van der Waals surface area (Å²) >= 11 is 4.41. The van der Waals surface area contributed by atoms with Gasteiger partial charge < -0.3 is 4.57 Å². The summed E-state index contributed by atoms with van der Waals surface area (Å²) in [5, 5.41) is 5.44. The summed E-state index contributed by atoms with van der Waals surface area (Å²) in [5.74, 6) is 3.40. The average molecular weight is 328 g/mol. The molecule has 2 unspecified atom stereocenters. The minimum atomic E-state index is 0.328. The first-order valence-corrected chi connectivity index (χ1v) is 10.4. The molecule has 2 fully saturated rings. The molecule has 1 aromatic heterocycles. The molecule has 1 aromatic carbocycles. The zero-order valence-corrected chi connectivity index (χ0v) is 14.4. The fourth-order valence-corrected chi connectivity index (χ4v) is 8.32. The second kappa shape index (κ2) is 4.85. The predicted octanol–water partition coefficient (Wildman–Crippen LogP) is 3.75. The van der Waals surface area contributed by atoms with Gasteiger partial charge in [-0.25, -0.2) is 0 Å². The van der Waals surface area contributed by atoms with E-state index >= 15 is 0 Å². The zero-order valence-electron chi connectivity index (χ0n) is 12.8. The van der Waals surface area contributed by atoms with Gasteiger partial charge in [0.2, 0.25) is 0 Å². The number of hydrogen-bond acceptors (Lipinski definition) is 2. The molecule has 1 spiro atoms. The summed E-state index contributed by atoms with van der Waals surface area (Å²) in [7, 11) is 0. The Labute approximate surface area is 139 Å². The first kappa shape index (κ1) is 13.6. The lowest BCUT2D eigenvalue weighted by Gasteiger charge is -2.45. The summed E-state index contributed by atoms with van der Waals surface area (Å²) in [4.78, 5) is 0. The van der Waals surface area contributed by atoms with Crippen LogP contribution in [0.25, 0.3) is 23.4 Å². The molecular weight excluding hydrogens is 306 g/mol. The van der Waals surface area contributed by atoms with Gasteiger partial charge >= 0.3 is 0 Å². The van der Waals surface area contributed by atoms with Crippen molar-refractivity contribution in [3.8, 4) is 0 Å². The first-order chi connectivity index (χ1) is 10.8. The second-order valence-electron chi connectivity index (χ2n) is 6.77. The van der Waals surface area contributed by atoms with Gasteiger partial charge in [-0.1, -0.05) is 43.7 Å². The topological polar surface area (TPSA) is 4.93 Å². The smallest absolute Gasteiger partial charge is 0.0862 e. The number of hydrogen-bond donors (Lipinski definition) is 0. The van der Waals surface area contributed by atoms with Gasteiger partial charge in [-0.05, 0) is 18.9 Å². The first-order valence-electron chi connectivity index (χ1n) is 8.39. The number of thioether (sulfide) groups is 2. The maximum atomic E-state index is 4.46. The van der Waals surface area contributed by atoms with E-state index in [2.05, 4.69) is 65.0 Å². The third kappa shape index (κ3) is 1.70. The van der Waals surface area contributed by atoms with Crippen LogP contribution in [0.1, 0.15) is 31.7 Å². The highest BCUT2D eigenvalue weighted by molar-refractivity contribution is 8.21. The maximum Gasteiger partial charge on any atom is 0.0862 e. The van der Waals surface area contributed by atoms with Crippen molar-refractivity contribution in [2.24, 2.45) is 5.92 Å². The molecule has 0 amide bonds. The predicted molar refractivity (Wildman–Crippen MR) is 99.8 cm³/mol. The Balaban J connectivity index is 1.88. The maximum absolute atomic E-state index is 4.46. The molecule has 0 N–H and O–H groups in total. The summed E-state index contributed by atoms with van der Waals surface area (Å²) < 4.78 is 2.92. The van der Waals surface area contributed by atoms with Crippen LogP contribution in [0.5, 0.6) is 0 Å². The number of benzene rings is 1. The van der Waals surface area contributed by atoms with Gasteiger partial charge in [0, 0.05) is 44.9 Å². The van der Waals surface area contributed by atoms with Crippen molar-refractivity contribution in [3.63, 3.8) is 0 Å². The Morgan fingerprint density at radius 1 is 1.05 bits per heavy atom. The van der Waals surface area contributed by atoms with Crippen LogP contribution < -0.4 is 10.7 Å². The second-order valence-corrected chi connectivity index (χ2v) is 9.77. The number of aromatic nitrogens is 1. The van der Waals surface area contributed by atoms with E-state index < -0.39 is 0 Å². The van der Waals surface area contributed by atoms with Crippen molar-refractivity contribution in [2.75, 3.05) is 11.5 Å². The summed E-state index contributed by atoms with van der Waals surface area (Å²) in [6, 6.07) is 9.51. The fourth-order valence-electron chi connectivity index (χ4n) is 4.82. The standard InChI is InChI=1S/C19H21NS2/c1-13-14-6-2-3-7-15(14)18-12-19(21-10-11-22-19)16-8-4-5-9-17(16)20(13)18/h2-3,6-7,12,16-17H,1,4-5,8-11H2. The van der Waals surface area contributed by atoms with Crippen molar-refractivity contribution in [1.29, 1.82) is 0 Å². The van der Waals surface area contributed by atoms with Crippen molar-refractivity contribution >= 4 is 47.0 Å². The van der Waals surface area contributed by atoms with Crippen LogP contribution in [0.15, 0.2) is 24.3 Å². The molecule has 114 valence electrons.